The van der Waals surface area contributed by atoms with Gasteiger partial charge in [-0.1, -0.05) is 89.1 Å². The lowest BCUT2D eigenvalue weighted by molar-refractivity contribution is -2.00. The van der Waals surface area contributed by atoms with Gasteiger partial charge in [-0.3, -0.25) is 0 Å². The van der Waals surface area contributed by atoms with Crippen LogP contribution in [0.1, 0.15) is 84.8 Å². The van der Waals surface area contributed by atoms with E-state index in [1.54, 1.807) is 0 Å². The van der Waals surface area contributed by atoms with Crippen molar-refractivity contribution in [1.29, 1.82) is 0 Å². The zero-order chi connectivity index (χ0) is 31.4. The summed E-state index contributed by atoms with van der Waals surface area (Å²) in [7, 11) is -4.94. The first kappa shape index (κ1) is 32.9. The Morgan fingerprint density at radius 3 is 2.14 bits per heavy atom. The van der Waals surface area contributed by atoms with Crippen LogP contribution in [0.2, 0.25) is 0 Å². The number of fused-ring (bicyclic) bond motifs is 4. The number of para-hydroxylation sites is 1. The van der Waals surface area contributed by atoms with Crippen LogP contribution < -0.4 is 23.5 Å². The van der Waals surface area contributed by atoms with Gasteiger partial charge in [0, 0.05) is 47.5 Å². The Hall–Kier alpha value is -3.00. The SMILES string of the molecule is CCCCC[N+]1=C(C=CC=C2N(CCCC)c3ccccc3C2(C)C)C(C)(C)c2c1ccc1ccccc21.[O-][Cl+3]([O-])([O-])[O-]. The maximum atomic E-state index is 8.49. The van der Waals surface area contributed by atoms with Crippen LogP contribution in [0.3, 0.4) is 0 Å². The number of benzene rings is 3. The molecule has 0 saturated heterocycles. The Labute approximate surface area is 259 Å². The lowest BCUT2D eigenvalue weighted by atomic mass is 9.79. The fourth-order valence-corrected chi connectivity index (χ4v) is 6.72. The van der Waals surface area contributed by atoms with Crippen molar-refractivity contribution >= 4 is 27.9 Å². The van der Waals surface area contributed by atoms with Gasteiger partial charge in [0.25, 0.3) is 0 Å². The number of rotatable bonds is 9. The normalized spacial score (nSPS) is 17.9. The molecular weight excluding hydrogens is 560 g/mol. The van der Waals surface area contributed by atoms with E-state index in [0.29, 0.717) is 0 Å². The Morgan fingerprint density at radius 1 is 0.791 bits per heavy atom. The summed E-state index contributed by atoms with van der Waals surface area (Å²) in [6, 6.07) is 22.5. The van der Waals surface area contributed by atoms with Gasteiger partial charge in [-0.25, -0.2) is 18.6 Å². The summed E-state index contributed by atoms with van der Waals surface area (Å²) < 4.78 is 36.6. The second-order valence-electron chi connectivity index (χ2n) is 12.5. The number of allylic oxidation sites excluding steroid dienone is 4. The highest BCUT2D eigenvalue weighted by Gasteiger charge is 2.45. The molecule has 7 heteroatoms. The quantitative estimate of drug-likeness (QED) is 0.261. The highest BCUT2D eigenvalue weighted by Crippen LogP contribution is 2.48. The molecule has 0 fully saturated rings. The first-order valence-electron chi connectivity index (χ1n) is 15.4. The van der Waals surface area contributed by atoms with E-state index in [-0.39, 0.29) is 10.8 Å². The molecule has 2 aliphatic rings. The average molecular weight is 605 g/mol. The molecule has 3 aromatic rings. The molecule has 43 heavy (non-hydrogen) atoms. The smallest absolute Gasteiger partial charge is 0.210 e. The summed E-state index contributed by atoms with van der Waals surface area (Å²) in [6.45, 7) is 16.3. The van der Waals surface area contributed by atoms with Crippen molar-refractivity contribution in [3.05, 3.63) is 95.7 Å². The number of unbranched alkanes of at least 4 members (excludes halogenated alkanes) is 3. The third-order valence-corrected chi connectivity index (χ3v) is 8.78. The van der Waals surface area contributed by atoms with Crippen molar-refractivity contribution in [3.8, 4) is 0 Å². The molecule has 0 amide bonds. The molecule has 5 rings (SSSR count). The van der Waals surface area contributed by atoms with Crippen LogP contribution in [0, 0.1) is 10.2 Å². The van der Waals surface area contributed by atoms with E-state index in [1.165, 1.54) is 76.8 Å². The van der Waals surface area contributed by atoms with Gasteiger partial charge in [-0.15, -0.1) is 10.2 Å². The topological polar surface area (TPSA) is 98.5 Å². The van der Waals surface area contributed by atoms with Gasteiger partial charge in [-0.2, -0.15) is 4.58 Å². The summed E-state index contributed by atoms with van der Waals surface area (Å²) in [6.07, 6.45) is 13.2. The average Bonchev–Trinajstić information content (AvgIpc) is 3.30. The fourth-order valence-electron chi connectivity index (χ4n) is 6.72. The highest BCUT2D eigenvalue weighted by molar-refractivity contribution is 6.07. The van der Waals surface area contributed by atoms with Gasteiger partial charge < -0.3 is 4.90 Å². The summed E-state index contributed by atoms with van der Waals surface area (Å²) in [5.74, 6) is 0. The zero-order valence-electron chi connectivity index (χ0n) is 26.4. The highest BCUT2D eigenvalue weighted by atomic mass is 35.7. The van der Waals surface area contributed by atoms with E-state index in [4.69, 9.17) is 18.6 Å². The lowest BCUT2D eigenvalue weighted by Gasteiger charge is -2.27. The third-order valence-electron chi connectivity index (χ3n) is 8.78. The van der Waals surface area contributed by atoms with Crippen molar-refractivity contribution in [2.45, 2.75) is 84.5 Å². The van der Waals surface area contributed by atoms with Gasteiger partial charge in [0.15, 0.2) is 5.71 Å². The Balaban J connectivity index is 0.000000782. The van der Waals surface area contributed by atoms with Gasteiger partial charge >= 0.3 is 0 Å². The van der Waals surface area contributed by atoms with Crippen LogP contribution >= 0.6 is 0 Å². The maximum absolute atomic E-state index is 8.49. The van der Waals surface area contributed by atoms with E-state index in [1.807, 2.05) is 0 Å². The molecule has 3 aromatic carbocycles. The lowest BCUT2D eigenvalue weighted by Crippen LogP contribution is -2.68. The van der Waals surface area contributed by atoms with Crippen LogP contribution in [0.25, 0.3) is 10.8 Å². The second kappa shape index (κ2) is 13.3. The number of hydrogen-bond acceptors (Lipinski definition) is 5. The monoisotopic (exact) mass is 604 g/mol. The Bertz CT molecular complexity index is 1530. The molecular formula is C36H45ClN2O4. The Morgan fingerprint density at radius 2 is 1.44 bits per heavy atom. The maximum Gasteiger partial charge on any atom is 0.210 e. The number of halogens is 1. The second-order valence-corrected chi connectivity index (χ2v) is 13.2. The van der Waals surface area contributed by atoms with Gasteiger partial charge in [-0.05, 0) is 61.2 Å². The summed E-state index contributed by atoms with van der Waals surface area (Å²) in [4.78, 5) is 2.56. The molecule has 0 aliphatic carbocycles. The first-order chi connectivity index (χ1) is 20.3. The van der Waals surface area contributed by atoms with E-state index >= 15 is 0 Å². The molecule has 0 radical (unpaired) electrons. The number of anilines is 1. The molecule has 6 nitrogen and oxygen atoms in total. The van der Waals surface area contributed by atoms with Crippen molar-refractivity contribution in [2.24, 2.45) is 0 Å². The minimum Gasteiger partial charge on any atom is -0.344 e. The van der Waals surface area contributed by atoms with Crippen LogP contribution in [0.4, 0.5) is 11.4 Å². The van der Waals surface area contributed by atoms with Crippen molar-refractivity contribution in [3.63, 3.8) is 0 Å². The molecule has 2 heterocycles. The summed E-state index contributed by atoms with van der Waals surface area (Å²) >= 11 is 0. The molecule has 0 atom stereocenters. The molecule has 2 aliphatic heterocycles. The zero-order valence-corrected chi connectivity index (χ0v) is 27.1. The predicted octanol–water partition coefficient (Wildman–Crippen LogP) is 4.69. The van der Waals surface area contributed by atoms with E-state index in [0.717, 1.165) is 13.1 Å². The minimum atomic E-state index is -4.94. The summed E-state index contributed by atoms with van der Waals surface area (Å²) in [5, 5.41) is 2.72. The number of hydrogen-bond donors (Lipinski definition) is 0. The van der Waals surface area contributed by atoms with E-state index in [2.05, 4.69) is 130 Å². The number of nitrogens with zero attached hydrogens (tertiary/aromatic N) is 2. The van der Waals surface area contributed by atoms with Crippen LogP contribution in [-0.4, -0.2) is 23.4 Å². The molecule has 0 saturated carbocycles. The standard InChI is InChI=1S/C36H45N2.ClHO4/c1-7-9-15-26-38-31-24-23-27-17-11-12-18-28(27)34(31)36(5,6)33(38)22-16-21-32-35(3,4)29-19-13-14-20-30(29)37(32)25-10-8-2;2-1(3,4)5/h11-14,16-24H,7-10,15,25-26H2,1-6H3;(H,2,3,4,5)/q+1;/p-1. The van der Waals surface area contributed by atoms with Gasteiger partial charge in [0.1, 0.15) is 6.54 Å². The molecule has 0 N–H and O–H groups in total. The molecule has 0 bridgehead atoms. The van der Waals surface area contributed by atoms with Gasteiger partial charge in [0.05, 0.1) is 5.41 Å². The van der Waals surface area contributed by atoms with Crippen molar-refractivity contribution < 1.29 is 33.5 Å². The fraction of sp³-hybridized carbons (Fsp3) is 0.417. The van der Waals surface area contributed by atoms with Crippen LogP contribution in [-0.2, 0) is 10.8 Å². The molecule has 0 spiro atoms. The largest absolute Gasteiger partial charge is 0.344 e. The van der Waals surface area contributed by atoms with Crippen LogP contribution in [0.5, 0.6) is 0 Å². The van der Waals surface area contributed by atoms with Crippen LogP contribution in [0.15, 0.2) is 84.6 Å². The molecule has 0 aromatic heterocycles. The molecule has 0 unspecified atom stereocenters. The Kier molecular flexibility index (Phi) is 10.2. The third kappa shape index (κ3) is 7.05. The van der Waals surface area contributed by atoms with Crippen molar-refractivity contribution in [1.82, 2.24) is 0 Å². The molecule has 230 valence electrons. The van der Waals surface area contributed by atoms with E-state index < -0.39 is 10.2 Å². The van der Waals surface area contributed by atoms with Crippen molar-refractivity contribution in [2.75, 3.05) is 18.0 Å². The minimum absolute atomic E-state index is 0.00941. The summed E-state index contributed by atoms with van der Waals surface area (Å²) in [5.41, 5.74) is 8.40. The van der Waals surface area contributed by atoms with Gasteiger partial charge in [0.2, 0.25) is 5.69 Å². The first-order valence-corrected chi connectivity index (χ1v) is 16.6. The van der Waals surface area contributed by atoms with E-state index in [9.17, 15) is 0 Å². The predicted molar refractivity (Wildman–Crippen MR) is 165 cm³/mol.